The molecule has 0 spiro atoms. The average Bonchev–Trinajstić information content (AvgIpc) is 2.66. The Kier molecular flexibility index (Phi) is 9.50. The van der Waals surface area contributed by atoms with Gasteiger partial charge in [0.05, 0.1) is 0 Å². The minimum absolute atomic E-state index is 0.260. The molecule has 0 aromatic carbocycles. The Hall–Kier alpha value is -1.05. The van der Waals surface area contributed by atoms with Gasteiger partial charge in [-0.3, -0.25) is 0 Å². The first-order valence-corrected chi connectivity index (χ1v) is 11.3. The van der Waals surface area contributed by atoms with E-state index in [1.807, 2.05) is 18.2 Å². The van der Waals surface area contributed by atoms with Crippen molar-refractivity contribution in [1.29, 1.82) is 0 Å². The maximum absolute atomic E-state index is 11.6. The van der Waals surface area contributed by atoms with E-state index in [1.54, 1.807) is 0 Å². The average molecular weight is 361 g/mol. The lowest BCUT2D eigenvalue weighted by Crippen LogP contribution is -2.27. The maximum Gasteiger partial charge on any atom is 0.331 e. The SMILES string of the molecule is CCC=CC=C(C(=O)O)C1CCC(C2CCC(CCCCC)CC2)CC1. The van der Waals surface area contributed by atoms with Crippen molar-refractivity contribution in [1.82, 2.24) is 0 Å². The Morgan fingerprint density at radius 3 is 2.08 bits per heavy atom. The molecule has 0 aromatic rings. The standard InChI is InChI=1S/C24H40O2/c1-3-5-7-9-19-11-13-20(14-12-19)21-15-17-22(18-16-21)23(24(25)26)10-8-6-4-2/h6,8,10,19-22H,3-5,7,9,11-18H2,1-2H3,(H,25,26). The van der Waals surface area contributed by atoms with Crippen LogP contribution in [0.3, 0.4) is 0 Å². The van der Waals surface area contributed by atoms with Gasteiger partial charge in [0.25, 0.3) is 0 Å². The second kappa shape index (κ2) is 11.6. The lowest BCUT2D eigenvalue weighted by atomic mass is 9.68. The van der Waals surface area contributed by atoms with Crippen molar-refractivity contribution in [2.75, 3.05) is 0 Å². The Labute approximate surface area is 161 Å². The number of carbonyl (C=O) groups is 1. The van der Waals surface area contributed by atoms with Crippen LogP contribution in [0.5, 0.6) is 0 Å². The molecule has 1 N–H and O–H groups in total. The van der Waals surface area contributed by atoms with Crippen LogP contribution < -0.4 is 0 Å². The molecule has 0 atom stereocenters. The third-order valence-corrected chi connectivity index (χ3v) is 6.88. The first kappa shape index (κ1) is 21.3. The molecule has 2 fully saturated rings. The molecular formula is C24H40O2. The molecule has 0 amide bonds. The number of carboxylic acid groups (broad SMARTS) is 1. The topological polar surface area (TPSA) is 37.3 Å². The van der Waals surface area contributed by atoms with Gasteiger partial charge in [0.2, 0.25) is 0 Å². The Balaban J connectivity index is 1.77. The first-order valence-electron chi connectivity index (χ1n) is 11.3. The Bertz CT molecular complexity index is 461. The van der Waals surface area contributed by atoms with Crippen molar-refractivity contribution < 1.29 is 9.90 Å². The second-order valence-electron chi connectivity index (χ2n) is 8.65. The van der Waals surface area contributed by atoms with Gasteiger partial charge in [0.15, 0.2) is 0 Å². The Morgan fingerprint density at radius 2 is 1.54 bits per heavy atom. The van der Waals surface area contributed by atoms with Gasteiger partial charge in [-0.25, -0.2) is 4.79 Å². The van der Waals surface area contributed by atoms with E-state index in [9.17, 15) is 9.90 Å². The number of hydrogen-bond acceptors (Lipinski definition) is 1. The van der Waals surface area contributed by atoms with Crippen molar-refractivity contribution in [3.63, 3.8) is 0 Å². The minimum atomic E-state index is -0.721. The van der Waals surface area contributed by atoms with E-state index in [0.717, 1.165) is 37.0 Å². The number of carboxylic acids is 1. The van der Waals surface area contributed by atoms with Gasteiger partial charge < -0.3 is 5.11 Å². The number of rotatable bonds is 9. The fourth-order valence-electron chi connectivity index (χ4n) is 5.22. The Morgan fingerprint density at radius 1 is 0.923 bits per heavy atom. The molecule has 0 bridgehead atoms. The van der Waals surface area contributed by atoms with Crippen LogP contribution in [0.4, 0.5) is 0 Å². The fraction of sp³-hybridized carbons (Fsp3) is 0.792. The number of unbranched alkanes of at least 4 members (excludes halogenated alkanes) is 2. The molecular weight excluding hydrogens is 320 g/mol. The summed E-state index contributed by atoms with van der Waals surface area (Å²) in [4.78, 5) is 11.6. The third-order valence-electron chi connectivity index (χ3n) is 6.88. The predicted octanol–water partition coefficient (Wildman–Crippen LogP) is 7.16. The summed E-state index contributed by atoms with van der Waals surface area (Å²) in [6, 6.07) is 0. The van der Waals surface area contributed by atoms with Crippen LogP contribution in [-0.2, 0) is 4.79 Å². The quantitative estimate of drug-likeness (QED) is 0.269. The molecule has 0 aliphatic heterocycles. The summed E-state index contributed by atoms with van der Waals surface area (Å²) in [7, 11) is 0. The molecule has 2 rings (SSSR count). The molecule has 0 saturated heterocycles. The highest BCUT2D eigenvalue weighted by molar-refractivity contribution is 5.87. The van der Waals surface area contributed by atoms with Crippen LogP contribution in [0.2, 0.25) is 0 Å². The van der Waals surface area contributed by atoms with Gasteiger partial charge >= 0.3 is 5.97 Å². The van der Waals surface area contributed by atoms with Crippen LogP contribution in [0.1, 0.15) is 97.3 Å². The van der Waals surface area contributed by atoms with Crippen LogP contribution in [0, 0.1) is 23.7 Å². The van der Waals surface area contributed by atoms with Gasteiger partial charge in [0.1, 0.15) is 0 Å². The van der Waals surface area contributed by atoms with Crippen molar-refractivity contribution in [3.8, 4) is 0 Å². The second-order valence-corrected chi connectivity index (χ2v) is 8.65. The van der Waals surface area contributed by atoms with Gasteiger partial charge in [-0.15, -0.1) is 0 Å². The summed E-state index contributed by atoms with van der Waals surface area (Å²) in [5.74, 6) is 2.29. The number of aliphatic carboxylic acids is 1. The molecule has 2 heteroatoms. The van der Waals surface area contributed by atoms with E-state index in [2.05, 4.69) is 13.8 Å². The largest absolute Gasteiger partial charge is 0.478 e. The summed E-state index contributed by atoms with van der Waals surface area (Å²) in [6.07, 6.45) is 22.7. The van der Waals surface area contributed by atoms with Crippen molar-refractivity contribution in [2.24, 2.45) is 23.7 Å². The van der Waals surface area contributed by atoms with E-state index in [4.69, 9.17) is 0 Å². The van der Waals surface area contributed by atoms with Gasteiger partial charge in [-0.1, -0.05) is 70.6 Å². The summed E-state index contributed by atoms with van der Waals surface area (Å²) in [6.45, 7) is 4.37. The first-order chi connectivity index (χ1) is 12.7. The summed E-state index contributed by atoms with van der Waals surface area (Å²) >= 11 is 0. The molecule has 0 radical (unpaired) electrons. The lowest BCUT2D eigenvalue weighted by molar-refractivity contribution is -0.133. The number of allylic oxidation sites excluding steroid dienone is 3. The van der Waals surface area contributed by atoms with E-state index >= 15 is 0 Å². The predicted molar refractivity (Wildman–Crippen MR) is 110 cm³/mol. The molecule has 26 heavy (non-hydrogen) atoms. The molecule has 2 saturated carbocycles. The van der Waals surface area contributed by atoms with Crippen LogP contribution >= 0.6 is 0 Å². The van der Waals surface area contributed by atoms with Crippen LogP contribution in [0.15, 0.2) is 23.8 Å². The van der Waals surface area contributed by atoms with Gasteiger partial charge in [0, 0.05) is 5.57 Å². The summed E-state index contributed by atoms with van der Waals surface area (Å²) in [5, 5.41) is 9.56. The molecule has 2 aliphatic carbocycles. The van der Waals surface area contributed by atoms with Crippen molar-refractivity contribution in [3.05, 3.63) is 23.8 Å². The highest BCUT2D eigenvalue weighted by Crippen LogP contribution is 2.43. The van der Waals surface area contributed by atoms with Crippen LogP contribution in [-0.4, -0.2) is 11.1 Å². The van der Waals surface area contributed by atoms with Crippen molar-refractivity contribution >= 4 is 5.97 Å². The van der Waals surface area contributed by atoms with E-state index in [1.165, 1.54) is 64.2 Å². The van der Waals surface area contributed by atoms with Gasteiger partial charge in [-0.2, -0.15) is 0 Å². The monoisotopic (exact) mass is 360 g/mol. The summed E-state index contributed by atoms with van der Waals surface area (Å²) in [5.41, 5.74) is 0.632. The van der Waals surface area contributed by atoms with E-state index in [0.29, 0.717) is 5.57 Å². The third kappa shape index (κ3) is 6.59. The molecule has 0 unspecified atom stereocenters. The molecule has 2 nitrogen and oxygen atoms in total. The zero-order valence-electron chi connectivity index (χ0n) is 17.1. The van der Waals surface area contributed by atoms with Crippen LogP contribution in [0.25, 0.3) is 0 Å². The molecule has 0 aromatic heterocycles. The molecule has 148 valence electrons. The van der Waals surface area contributed by atoms with E-state index in [-0.39, 0.29) is 5.92 Å². The number of hydrogen-bond donors (Lipinski definition) is 1. The van der Waals surface area contributed by atoms with E-state index < -0.39 is 5.97 Å². The fourth-order valence-corrected chi connectivity index (χ4v) is 5.22. The smallest absolute Gasteiger partial charge is 0.331 e. The highest BCUT2D eigenvalue weighted by Gasteiger charge is 2.32. The summed E-state index contributed by atoms with van der Waals surface area (Å²) < 4.78 is 0. The normalized spacial score (nSPS) is 30.6. The highest BCUT2D eigenvalue weighted by atomic mass is 16.4. The zero-order chi connectivity index (χ0) is 18.8. The van der Waals surface area contributed by atoms with Crippen molar-refractivity contribution in [2.45, 2.75) is 97.3 Å². The minimum Gasteiger partial charge on any atom is -0.478 e. The maximum atomic E-state index is 11.6. The van der Waals surface area contributed by atoms with Gasteiger partial charge in [-0.05, 0) is 68.6 Å². The molecule has 2 aliphatic rings. The lowest BCUT2D eigenvalue weighted by Gasteiger charge is -2.38. The zero-order valence-corrected chi connectivity index (χ0v) is 17.1. The molecule has 0 heterocycles.